The number of alkyl halides is 1. The van der Waals surface area contributed by atoms with E-state index >= 15 is 0 Å². The maximum absolute atomic E-state index is 3.80. The fourth-order valence-corrected chi connectivity index (χ4v) is 3.38. The van der Waals surface area contributed by atoms with Crippen LogP contribution in [0.3, 0.4) is 0 Å². The van der Waals surface area contributed by atoms with Crippen molar-refractivity contribution in [1.82, 2.24) is 0 Å². The lowest BCUT2D eigenvalue weighted by atomic mass is 9.79. The summed E-state index contributed by atoms with van der Waals surface area (Å²) in [5.41, 5.74) is 0.418. The summed E-state index contributed by atoms with van der Waals surface area (Å²) in [5.74, 6) is 0.752. The van der Waals surface area contributed by atoms with E-state index in [0.717, 1.165) is 12.3 Å². The molecule has 0 nitrogen and oxygen atoms in total. The molecule has 0 bridgehead atoms. The Morgan fingerprint density at radius 2 is 2.07 bits per heavy atom. The second kappa shape index (κ2) is 5.49. The Morgan fingerprint density at radius 1 is 1.40 bits per heavy atom. The molecule has 0 spiro atoms. The minimum Gasteiger partial charge on any atom is -0.149 e. The van der Waals surface area contributed by atoms with Gasteiger partial charge in [0, 0.05) is 9.70 Å². The molecule has 0 aliphatic rings. The van der Waals surface area contributed by atoms with Gasteiger partial charge in [-0.15, -0.1) is 11.3 Å². The molecule has 0 aromatic carbocycles. The number of hydrogen-bond donors (Lipinski definition) is 0. The molecule has 0 aliphatic carbocycles. The highest BCUT2D eigenvalue weighted by molar-refractivity contribution is 9.09. The lowest BCUT2D eigenvalue weighted by molar-refractivity contribution is 0.246. The van der Waals surface area contributed by atoms with Gasteiger partial charge in [0.1, 0.15) is 0 Å². The van der Waals surface area contributed by atoms with Crippen LogP contribution in [0.1, 0.15) is 39.0 Å². The van der Waals surface area contributed by atoms with Gasteiger partial charge in [-0.1, -0.05) is 49.7 Å². The molecule has 0 N–H and O–H groups in total. The second-order valence-electron chi connectivity index (χ2n) is 5.38. The maximum Gasteiger partial charge on any atom is 0.0196 e. The molecular weight excluding hydrogens is 268 g/mol. The fraction of sp³-hybridized carbons (Fsp3) is 0.692. The first kappa shape index (κ1) is 13.2. The van der Waals surface area contributed by atoms with Crippen molar-refractivity contribution in [3.05, 3.63) is 22.4 Å². The van der Waals surface area contributed by atoms with Gasteiger partial charge in [0.05, 0.1) is 0 Å². The number of rotatable bonds is 4. The molecule has 1 aromatic heterocycles. The summed E-state index contributed by atoms with van der Waals surface area (Å²) in [4.78, 5) is 2.10. The van der Waals surface area contributed by atoms with Crippen LogP contribution in [0.15, 0.2) is 17.5 Å². The highest BCUT2D eigenvalue weighted by Gasteiger charge is 2.22. The molecule has 0 radical (unpaired) electrons. The third-order valence-corrected chi connectivity index (χ3v) is 4.69. The van der Waals surface area contributed by atoms with E-state index in [4.69, 9.17) is 0 Å². The van der Waals surface area contributed by atoms with Crippen molar-refractivity contribution in [3.8, 4) is 0 Å². The molecule has 2 atom stereocenters. The fourth-order valence-electron chi connectivity index (χ4n) is 1.47. The van der Waals surface area contributed by atoms with Crippen molar-refractivity contribution in [2.24, 2.45) is 11.3 Å². The van der Waals surface area contributed by atoms with Crippen molar-refractivity contribution in [3.63, 3.8) is 0 Å². The van der Waals surface area contributed by atoms with Crippen LogP contribution in [0.25, 0.3) is 0 Å². The van der Waals surface area contributed by atoms with Gasteiger partial charge < -0.3 is 0 Å². The smallest absolute Gasteiger partial charge is 0.0196 e. The van der Waals surface area contributed by atoms with Crippen LogP contribution < -0.4 is 0 Å². The molecule has 15 heavy (non-hydrogen) atoms. The Kier molecular flexibility index (Phi) is 4.85. The maximum atomic E-state index is 3.80. The summed E-state index contributed by atoms with van der Waals surface area (Å²) in [6.45, 7) is 9.32. The topological polar surface area (TPSA) is 0 Å². The van der Waals surface area contributed by atoms with Gasteiger partial charge in [-0.05, 0) is 35.6 Å². The van der Waals surface area contributed by atoms with Crippen molar-refractivity contribution < 1.29 is 0 Å². The second-order valence-corrected chi connectivity index (χ2v) is 7.71. The molecule has 0 fully saturated rings. The Bertz CT molecular complexity index is 271. The molecule has 0 amide bonds. The molecule has 1 aromatic rings. The third kappa shape index (κ3) is 4.69. The molecule has 1 rings (SSSR count). The van der Waals surface area contributed by atoms with Crippen LogP contribution in [0.2, 0.25) is 0 Å². The van der Waals surface area contributed by atoms with E-state index in [1.165, 1.54) is 11.3 Å². The Balaban J connectivity index is 2.39. The van der Waals surface area contributed by atoms with E-state index in [1.807, 2.05) is 11.3 Å². The van der Waals surface area contributed by atoms with Gasteiger partial charge in [-0.25, -0.2) is 0 Å². The van der Waals surface area contributed by atoms with E-state index < -0.39 is 0 Å². The molecule has 0 saturated heterocycles. The van der Waals surface area contributed by atoms with E-state index in [-0.39, 0.29) is 0 Å². The number of hydrogen-bond acceptors (Lipinski definition) is 1. The van der Waals surface area contributed by atoms with Crippen LogP contribution >= 0.6 is 27.3 Å². The first-order chi connectivity index (χ1) is 6.89. The first-order valence-electron chi connectivity index (χ1n) is 5.56. The average Bonchev–Trinajstić information content (AvgIpc) is 2.54. The van der Waals surface area contributed by atoms with Gasteiger partial charge >= 0.3 is 0 Å². The minimum atomic E-state index is 0.418. The normalized spacial score (nSPS) is 16.3. The number of halogens is 1. The standard InChI is InChI=1S/C13H21BrS/c1-10(13(2,3)4)8-11(14)9-12-6-5-7-15-12/h5-7,10-11H,8-9H2,1-4H3. The molecule has 1 heterocycles. The molecule has 0 aliphatic heterocycles. The van der Waals surface area contributed by atoms with Crippen molar-refractivity contribution in [2.75, 3.05) is 0 Å². The van der Waals surface area contributed by atoms with Crippen LogP contribution in [0.4, 0.5) is 0 Å². The summed E-state index contributed by atoms with van der Waals surface area (Å²) in [5, 5.41) is 2.16. The lowest BCUT2D eigenvalue weighted by Crippen LogP contribution is -2.21. The molecule has 2 unspecified atom stereocenters. The van der Waals surface area contributed by atoms with Gasteiger partial charge in [0.25, 0.3) is 0 Å². The predicted molar refractivity (Wildman–Crippen MR) is 74.0 cm³/mol. The summed E-state index contributed by atoms with van der Waals surface area (Å²) < 4.78 is 0. The third-order valence-electron chi connectivity index (χ3n) is 3.09. The highest BCUT2D eigenvalue weighted by atomic mass is 79.9. The minimum absolute atomic E-state index is 0.418. The van der Waals surface area contributed by atoms with Crippen molar-refractivity contribution in [2.45, 2.75) is 45.4 Å². The predicted octanol–water partition coefficient (Wildman–Crippen LogP) is 5.13. The summed E-state index contributed by atoms with van der Waals surface area (Å²) in [6, 6.07) is 4.35. The van der Waals surface area contributed by atoms with Crippen LogP contribution in [-0.4, -0.2) is 4.83 Å². The lowest BCUT2D eigenvalue weighted by Gasteiger charge is -2.28. The van der Waals surface area contributed by atoms with Crippen molar-refractivity contribution in [1.29, 1.82) is 0 Å². The quantitative estimate of drug-likeness (QED) is 0.674. The van der Waals surface area contributed by atoms with Crippen LogP contribution in [0.5, 0.6) is 0 Å². The van der Waals surface area contributed by atoms with E-state index in [1.54, 1.807) is 0 Å². The summed E-state index contributed by atoms with van der Waals surface area (Å²) >= 11 is 5.65. The van der Waals surface area contributed by atoms with Gasteiger partial charge in [-0.2, -0.15) is 0 Å². The monoisotopic (exact) mass is 288 g/mol. The first-order valence-corrected chi connectivity index (χ1v) is 7.35. The van der Waals surface area contributed by atoms with Gasteiger partial charge in [0.15, 0.2) is 0 Å². The van der Waals surface area contributed by atoms with Gasteiger partial charge in [-0.3, -0.25) is 0 Å². The summed E-state index contributed by atoms with van der Waals surface area (Å²) in [6.07, 6.45) is 2.42. The Hall–Kier alpha value is 0.180. The van der Waals surface area contributed by atoms with Crippen molar-refractivity contribution >= 4 is 27.3 Å². The molecular formula is C13H21BrS. The van der Waals surface area contributed by atoms with Crippen LogP contribution in [0, 0.1) is 11.3 Å². The SMILES string of the molecule is CC(CC(Br)Cc1cccs1)C(C)(C)C. The zero-order chi connectivity index (χ0) is 11.5. The average molecular weight is 289 g/mol. The van der Waals surface area contributed by atoms with E-state index in [0.29, 0.717) is 10.2 Å². The number of thiophene rings is 1. The van der Waals surface area contributed by atoms with Gasteiger partial charge in [0.2, 0.25) is 0 Å². The van der Waals surface area contributed by atoms with E-state index in [9.17, 15) is 0 Å². The van der Waals surface area contributed by atoms with Crippen LogP contribution in [-0.2, 0) is 6.42 Å². The molecule has 0 saturated carbocycles. The largest absolute Gasteiger partial charge is 0.149 e. The zero-order valence-electron chi connectivity index (χ0n) is 10.1. The highest BCUT2D eigenvalue weighted by Crippen LogP contribution is 2.32. The Morgan fingerprint density at radius 3 is 2.53 bits per heavy atom. The van der Waals surface area contributed by atoms with E-state index in [2.05, 4.69) is 61.1 Å². The molecule has 86 valence electrons. The molecule has 2 heteroatoms. The zero-order valence-corrected chi connectivity index (χ0v) is 12.5. The Labute approximate surface area is 106 Å². The summed E-state index contributed by atoms with van der Waals surface area (Å²) in [7, 11) is 0.